The zero-order valence-electron chi connectivity index (χ0n) is 10.1. The van der Waals surface area contributed by atoms with Crippen molar-refractivity contribution in [2.45, 2.75) is 20.8 Å². The lowest BCUT2D eigenvalue weighted by Gasteiger charge is -2.01. The zero-order valence-corrected chi connectivity index (χ0v) is 10.1. The summed E-state index contributed by atoms with van der Waals surface area (Å²) in [6, 6.07) is 7.85. The quantitative estimate of drug-likeness (QED) is 0.756. The Kier molecular flexibility index (Phi) is 4.41. The molecule has 0 amide bonds. The van der Waals surface area contributed by atoms with Crippen molar-refractivity contribution in [1.29, 1.82) is 5.26 Å². The van der Waals surface area contributed by atoms with Gasteiger partial charge >= 0.3 is 0 Å². The van der Waals surface area contributed by atoms with Gasteiger partial charge in [0.15, 0.2) is 0 Å². The van der Waals surface area contributed by atoms with Crippen LogP contribution in [0.4, 0.5) is 4.39 Å². The molecule has 0 aliphatic heterocycles. The number of halogens is 1. The van der Waals surface area contributed by atoms with Crippen molar-refractivity contribution in [3.05, 3.63) is 47.5 Å². The van der Waals surface area contributed by atoms with Crippen molar-refractivity contribution in [2.75, 3.05) is 0 Å². The summed E-state index contributed by atoms with van der Waals surface area (Å²) in [5.74, 6) is -0.433. The first kappa shape index (κ1) is 12.9. The smallest absolute Gasteiger partial charge is 0.126 e. The molecule has 0 unspecified atom stereocenters. The third-order valence-electron chi connectivity index (χ3n) is 2.00. The molecule has 1 aromatic carbocycles. The third-order valence-corrected chi connectivity index (χ3v) is 2.00. The summed E-state index contributed by atoms with van der Waals surface area (Å²) < 4.78 is 14.7. The Labute approximate surface area is 100 Å². The second kappa shape index (κ2) is 5.80. The lowest BCUT2D eigenvalue weighted by Crippen LogP contribution is -1.96. The van der Waals surface area contributed by atoms with Crippen LogP contribution in [0.5, 0.6) is 0 Å². The lowest BCUT2D eigenvalue weighted by atomic mass is 10.2. The van der Waals surface area contributed by atoms with E-state index in [1.54, 1.807) is 16.9 Å². The molecule has 0 bridgehead atoms. The average Bonchev–Trinajstić information content (AvgIpc) is 2.78. The highest BCUT2D eigenvalue weighted by atomic mass is 19.1. The van der Waals surface area contributed by atoms with Gasteiger partial charge in [-0.2, -0.15) is 10.4 Å². The molecule has 0 radical (unpaired) electrons. The van der Waals surface area contributed by atoms with Crippen LogP contribution < -0.4 is 0 Å². The molecule has 3 nitrogen and oxygen atoms in total. The number of rotatable bonds is 1. The highest BCUT2D eigenvalue weighted by Crippen LogP contribution is 2.12. The highest BCUT2D eigenvalue weighted by molar-refractivity contribution is 5.41. The van der Waals surface area contributed by atoms with Crippen LogP contribution >= 0.6 is 0 Å². The molecule has 1 aromatic heterocycles. The molecule has 17 heavy (non-hydrogen) atoms. The van der Waals surface area contributed by atoms with E-state index in [2.05, 4.69) is 5.10 Å². The summed E-state index contributed by atoms with van der Waals surface area (Å²) in [6.45, 7) is 5.85. The maximum absolute atomic E-state index is 13.1. The predicted octanol–water partition coefficient (Wildman–Crippen LogP) is 3.22. The number of aryl methyl sites for hydroxylation is 1. The van der Waals surface area contributed by atoms with Crippen molar-refractivity contribution >= 4 is 0 Å². The topological polar surface area (TPSA) is 41.6 Å². The van der Waals surface area contributed by atoms with Crippen molar-refractivity contribution in [3.63, 3.8) is 0 Å². The van der Waals surface area contributed by atoms with Crippen LogP contribution in [0.2, 0.25) is 0 Å². The van der Waals surface area contributed by atoms with Crippen LogP contribution in [0.15, 0.2) is 30.5 Å². The molecule has 0 atom stereocenters. The van der Waals surface area contributed by atoms with Gasteiger partial charge in [0.25, 0.3) is 0 Å². The molecular weight excluding hydrogens is 217 g/mol. The SMILES string of the molecule is CC.Cc1ccn(-c2cc(F)cc(C#N)c2)n1. The van der Waals surface area contributed by atoms with Crippen LogP contribution in [0.25, 0.3) is 5.69 Å². The molecule has 0 N–H and O–H groups in total. The summed E-state index contributed by atoms with van der Waals surface area (Å²) >= 11 is 0. The first-order valence-corrected chi connectivity index (χ1v) is 5.42. The summed E-state index contributed by atoms with van der Waals surface area (Å²) in [5, 5.41) is 12.8. The molecule has 2 aromatic rings. The molecule has 0 fully saturated rings. The van der Waals surface area contributed by atoms with Crippen LogP contribution in [0.1, 0.15) is 25.1 Å². The second-order valence-corrected chi connectivity index (χ2v) is 3.21. The van der Waals surface area contributed by atoms with E-state index in [0.29, 0.717) is 5.69 Å². The normalized spacial score (nSPS) is 9.12. The van der Waals surface area contributed by atoms with Crippen LogP contribution in [0.3, 0.4) is 0 Å². The van der Waals surface area contributed by atoms with Gasteiger partial charge in [-0.15, -0.1) is 0 Å². The summed E-state index contributed by atoms with van der Waals surface area (Å²) in [4.78, 5) is 0. The van der Waals surface area contributed by atoms with Gasteiger partial charge in [0.05, 0.1) is 23.0 Å². The van der Waals surface area contributed by atoms with Crippen molar-refractivity contribution < 1.29 is 4.39 Å². The predicted molar refractivity (Wildman–Crippen MR) is 64.3 cm³/mol. The van der Waals surface area contributed by atoms with Gasteiger partial charge in [-0.25, -0.2) is 9.07 Å². The minimum atomic E-state index is -0.433. The van der Waals surface area contributed by atoms with Crippen LogP contribution in [-0.4, -0.2) is 9.78 Å². The molecule has 2 rings (SSSR count). The number of aromatic nitrogens is 2. The number of hydrogen-bond acceptors (Lipinski definition) is 2. The minimum absolute atomic E-state index is 0.290. The van der Waals surface area contributed by atoms with Gasteiger partial charge in [-0.1, -0.05) is 13.8 Å². The van der Waals surface area contributed by atoms with E-state index in [1.165, 1.54) is 12.1 Å². The Balaban J connectivity index is 0.000000686. The first-order chi connectivity index (χ1) is 8.19. The van der Waals surface area contributed by atoms with Gasteiger partial charge in [-0.05, 0) is 31.2 Å². The summed E-state index contributed by atoms with van der Waals surface area (Å²) in [5.41, 5.74) is 1.69. The number of nitrogens with zero attached hydrogens (tertiary/aromatic N) is 3. The van der Waals surface area contributed by atoms with E-state index < -0.39 is 5.82 Å². The van der Waals surface area contributed by atoms with Gasteiger partial charge < -0.3 is 0 Å². The van der Waals surface area contributed by atoms with E-state index in [1.807, 2.05) is 32.9 Å². The molecule has 0 saturated heterocycles. The molecule has 1 heterocycles. The van der Waals surface area contributed by atoms with Gasteiger partial charge in [0, 0.05) is 6.20 Å². The fourth-order valence-electron chi connectivity index (χ4n) is 1.33. The zero-order chi connectivity index (χ0) is 12.8. The second-order valence-electron chi connectivity index (χ2n) is 3.21. The maximum Gasteiger partial charge on any atom is 0.126 e. The van der Waals surface area contributed by atoms with E-state index in [4.69, 9.17) is 5.26 Å². The van der Waals surface area contributed by atoms with E-state index in [0.717, 1.165) is 5.69 Å². The highest BCUT2D eigenvalue weighted by Gasteiger charge is 2.03. The fraction of sp³-hybridized carbons (Fsp3) is 0.231. The molecule has 4 heteroatoms. The minimum Gasteiger partial charge on any atom is -0.241 e. The third kappa shape index (κ3) is 3.15. The lowest BCUT2D eigenvalue weighted by molar-refractivity contribution is 0.625. The Morgan fingerprint density at radius 3 is 2.53 bits per heavy atom. The van der Waals surface area contributed by atoms with Crippen molar-refractivity contribution in [2.24, 2.45) is 0 Å². The van der Waals surface area contributed by atoms with Crippen molar-refractivity contribution in [1.82, 2.24) is 9.78 Å². The Morgan fingerprint density at radius 2 is 2.00 bits per heavy atom. The molecule has 0 aliphatic rings. The van der Waals surface area contributed by atoms with Gasteiger partial charge in [-0.3, -0.25) is 0 Å². The van der Waals surface area contributed by atoms with E-state index >= 15 is 0 Å². The first-order valence-electron chi connectivity index (χ1n) is 5.42. The van der Waals surface area contributed by atoms with Crippen LogP contribution in [-0.2, 0) is 0 Å². The monoisotopic (exact) mass is 231 g/mol. The van der Waals surface area contributed by atoms with Gasteiger partial charge in [0.2, 0.25) is 0 Å². The molecular formula is C13H14FN3. The Hall–Kier alpha value is -2.15. The Bertz CT molecular complexity index is 538. The number of nitriles is 1. The standard InChI is InChI=1S/C11H8FN3.C2H6/c1-8-2-3-15(14-8)11-5-9(7-13)4-10(12)6-11;1-2/h2-6H,1H3;1-2H3. The van der Waals surface area contributed by atoms with Crippen molar-refractivity contribution in [3.8, 4) is 11.8 Å². The number of hydrogen-bond donors (Lipinski definition) is 0. The van der Waals surface area contributed by atoms with E-state index in [-0.39, 0.29) is 5.56 Å². The van der Waals surface area contributed by atoms with E-state index in [9.17, 15) is 4.39 Å². The largest absolute Gasteiger partial charge is 0.241 e. The van der Waals surface area contributed by atoms with Gasteiger partial charge in [0.1, 0.15) is 5.82 Å². The fourth-order valence-corrected chi connectivity index (χ4v) is 1.33. The summed E-state index contributed by atoms with van der Waals surface area (Å²) in [6.07, 6.45) is 1.73. The molecule has 88 valence electrons. The molecule has 0 spiro atoms. The molecule has 0 aliphatic carbocycles. The number of benzene rings is 1. The molecule has 0 saturated carbocycles. The summed E-state index contributed by atoms with van der Waals surface area (Å²) in [7, 11) is 0. The average molecular weight is 231 g/mol. The maximum atomic E-state index is 13.1. The Morgan fingerprint density at radius 1 is 1.29 bits per heavy atom. The van der Waals surface area contributed by atoms with Crippen LogP contribution in [0, 0.1) is 24.1 Å².